The highest BCUT2D eigenvalue weighted by atomic mass is 32.1. The molecule has 0 radical (unpaired) electrons. The molecule has 0 rings (SSSR count). The maximum Gasteiger partial charge on any atom is 0.156 e. The molecule has 64 valence electrons. The summed E-state index contributed by atoms with van der Waals surface area (Å²) in [6.45, 7) is 4.14. The van der Waals surface area contributed by atoms with Crippen LogP contribution in [0.25, 0.3) is 0 Å². The van der Waals surface area contributed by atoms with Crippen molar-refractivity contribution in [2.45, 2.75) is 33.1 Å². The fourth-order valence-electron chi connectivity index (χ4n) is 0.712. The quantitative estimate of drug-likeness (QED) is 0.597. The van der Waals surface area contributed by atoms with Gasteiger partial charge in [0.25, 0.3) is 0 Å². The Morgan fingerprint density at radius 3 is 2.55 bits per heavy atom. The van der Waals surface area contributed by atoms with Gasteiger partial charge in [-0.05, 0) is 18.6 Å². The Bertz CT molecular complexity index is 143. The Hall–Kier alpha value is -0.440. The van der Waals surface area contributed by atoms with Crippen molar-refractivity contribution in [2.24, 2.45) is 0 Å². The van der Waals surface area contributed by atoms with E-state index in [1.165, 1.54) is 0 Å². The summed E-state index contributed by atoms with van der Waals surface area (Å²) in [5.74, 6) is 0.253. The Labute approximate surface area is 72.9 Å². The predicted molar refractivity (Wildman–Crippen MR) is 48.8 cm³/mol. The van der Waals surface area contributed by atoms with Gasteiger partial charge in [0.1, 0.15) is 5.78 Å². The third-order valence-electron chi connectivity index (χ3n) is 1.22. The number of hydrogen-bond acceptors (Lipinski definition) is 3. The zero-order chi connectivity index (χ0) is 8.69. The van der Waals surface area contributed by atoms with E-state index in [9.17, 15) is 4.79 Å². The molecular weight excluding hydrogens is 160 g/mol. The first-order valence-electron chi connectivity index (χ1n) is 3.82. The van der Waals surface area contributed by atoms with Gasteiger partial charge in [-0.1, -0.05) is 6.92 Å². The zero-order valence-electron chi connectivity index (χ0n) is 7.05. The minimum Gasteiger partial charge on any atom is -0.487 e. The maximum atomic E-state index is 10.9. The average molecular weight is 174 g/mol. The summed E-state index contributed by atoms with van der Waals surface area (Å²) >= 11 is 4.68. The molecule has 0 aromatic carbocycles. The second kappa shape index (κ2) is 6.28. The van der Waals surface area contributed by atoms with Gasteiger partial charge in [-0.2, -0.15) is 0 Å². The number of hydrogen-bond donors (Lipinski definition) is 0. The Kier molecular flexibility index (Phi) is 6.03. The van der Waals surface area contributed by atoms with Gasteiger partial charge in [0.15, 0.2) is 5.05 Å². The number of rotatable bonds is 5. The van der Waals surface area contributed by atoms with Crippen LogP contribution in [0, 0.1) is 0 Å². The Balaban J connectivity index is 3.24. The van der Waals surface area contributed by atoms with Gasteiger partial charge in [-0.3, -0.25) is 4.79 Å². The highest BCUT2D eigenvalue weighted by Gasteiger charge is 1.99. The number of ketones is 1. The predicted octanol–water partition coefficient (Wildman–Crippen LogP) is 2.11. The van der Waals surface area contributed by atoms with Crippen molar-refractivity contribution in [1.82, 2.24) is 0 Å². The molecule has 2 nitrogen and oxygen atoms in total. The highest BCUT2D eigenvalue weighted by molar-refractivity contribution is 7.80. The second-order valence-electron chi connectivity index (χ2n) is 2.38. The van der Waals surface area contributed by atoms with Crippen molar-refractivity contribution in [2.75, 3.05) is 6.61 Å². The molecule has 0 heterocycles. The van der Waals surface area contributed by atoms with E-state index in [-0.39, 0.29) is 5.78 Å². The largest absolute Gasteiger partial charge is 0.487 e. The monoisotopic (exact) mass is 174 g/mol. The van der Waals surface area contributed by atoms with Crippen LogP contribution in [-0.2, 0) is 9.53 Å². The third kappa shape index (κ3) is 7.46. The molecule has 0 amide bonds. The summed E-state index contributed by atoms with van der Waals surface area (Å²) in [6.07, 6.45) is 2.05. The lowest BCUT2D eigenvalue weighted by Gasteiger charge is -2.01. The van der Waals surface area contributed by atoms with E-state index < -0.39 is 0 Å². The van der Waals surface area contributed by atoms with Crippen molar-refractivity contribution >= 4 is 23.1 Å². The van der Waals surface area contributed by atoms with Crippen molar-refractivity contribution in [3.8, 4) is 0 Å². The van der Waals surface area contributed by atoms with Gasteiger partial charge in [0.05, 0.1) is 6.61 Å². The van der Waals surface area contributed by atoms with Gasteiger partial charge >= 0.3 is 0 Å². The topological polar surface area (TPSA) is 26.3 Å². The lowest BCUT2D eigenvalue weighted by Crippen LogP contribution is -2.05. The van der Waals surface area contributed by atoms with E-state index in [2.05, 4.69) is 12.2 Å². The molecule has 0 bridgehead atoms. The molecule has 0 N–H and O–H groups in total. The summed E-state index contributed by atoms with van der Waals surface area (Å²) in [5.41, 5.74) is 0. The van der Waals surface area contributed by atoms with Crippen LogP contribution in [0.4, 0.5) is 0 Å². The van der Waals surface area contributed by atoms with Crippen LogP contribution in [0.2, 0.25) is 0 Å². The third-order valence-corrected chi connectivity index (χ3v) is 1.33. The molecule has 0 aromatic rings. The first-order valence-corrected chi connectivity index (χ1v) is 4.22. The van der Waals surface area contributed by atoms with Crippen LogP contribution >= 0.6 is 12.2 Å². The molecule has 0 aliphatic rings. The van der Waals surface area contributed by atoms with Crippen LogP contribution < -0.4 is 0 Å². The SMILES string of the molecule is CCCC(=O)CCOC(C)=S. The maximum absolute atomic E-state index is 10.9. The molecule has 0 saturated carbocycles. The molecule has 3 heteroatoms. The molecule has 11 heavy (non-hydrogen) atoms. The number of carbonyl (C=O) groups excluding carboxylic acids is 1. The molecule has 0 aliphatic carbocycles. The molecular formula is C8H14O2S. The molecule has 0 aliphatic heterocycles. The van der Waals surface area contributed by atoms with E-state index in [1.807, 2.05) is 6.92 Å². The summed E-state index contributed by atoms with van der Waals surface area (Å²) in [7, 11) is 0. The van der Waals surface area contributed by atoms with Crippen LogP contribution in [0.15, 0.2) is 0 Å². The van der Waals surface area contributed by atoms with E-state index >= 15 is 0 Å². The van der Waals surface area contributed by atoms with Crippen molar-refractivity contribution in [3.05, 3.63) is 0 Å². The zero-order valence-corrected chi connectivity index (χ0v) is 7.87. The summed E-state index contributed by atoms with van der Waals surface area (Å²) in [6, 6.07) is 0. The van der Waals surface area contributed by atoms with Crippen molar-refractivity contribution in [3.63, 3.8) is 0 Å². The first-order chi connectivity index (χ1) is 5.16. The molecule has 0 unspecified atom stereocenters. The van der Waals surface area contributed by atoms with Gasteiger partial charge in [-0.25, -0.2) is 0 Å². The van der Waals surface area contributed by atoms with Gasteiger partial charge < -0.3 is 4.74 Å². The minimum absolute atomic E-state index is 0.253. The average Bonchev–Trinajstić information content (AvgIpc) is 1.87. The Morgan fingerprint density at radius 1 is 1.45 bits per heavy atom. The smallest absolute Gasteiger partial charge is 0.156 e. The Morgan fingerprint density at radius 2 is 2.09 bits per heavy atom. The standard InChI is InChI=1S/C8H14O2S/c1-3-4-8(9)5-6-10-7(2)11/h3-6H2,1-2H3. The van der Waals surface area contributed by atoms with E-state index in [4.69, 9.17) is 4.74 Å². The summed E-state index contributed by atoms with van der Waals surface area (Å²) in [5, 5.41) is 0.509. The van der Waals surface area contributed by atoms with Gasteiger partial charge in [-0.15, -0.1) is 0 Å². The van der Waals surface area contributed by atoms with E-state index in [0.717, 1.165) is 6.42 Å². The molecule has 0 atom stereocenters. The molecule has 0 saturated heterocycles. The number of thiocarbonyl (C=S) groups is 1. The molecule has 0 fully saturated rings. The molecule has 0 spiro atoms. The van der Waals surface area contributed by atoms with Gasteiger partial charge in [0.2, 0.25) is 0 Å². The lowest BCUT2D eigenvalue weighted by molar-refractivity contribution is -0.119. The number of ether oxygens (including phenoxy) is 1. The second-order valence-corrected chi connectivity index (χ2v) is 2.95. The van der Waals surface area contributed by atoms with Crippen molar-refractivity contribution in [1.29, 1.82) is 0 Å². The van der Waals surface area contributed by atoms with Crippen LogP contribution in [-0.4, -0.2) is 17.4 Å². The summed E-state index contributed by atoms with van der Waals surface area (Å²) in [4.78, 5) is 10.9. The molecule has 0 aromatic heterocycles. The van der Waals surface area contributed by atoms with Crippen LogP contribution in [0.3, 0.4) is 0 Å². The fourth-order valence-corrected chi connectivity index (χ4v) is 0.796. The van der Waals surface area contributed by atoms with Crippen LogP contribution in [0.5, 0.6) is 0 Å². The lowest BCUT2D eigenvalue weighted by atomic mass is 10.2. The fraction of sp³-hybridized carbons (Fsp3) is 0.750. The summed E-state index contributed by atoms with van der Waals surface area (Å²) < 4.78 is 4.97. The number of Topliss-reactive ketones (excluding diaryl/α,β-unsaturated/α-hetero) is 1. The van der Waals surface area contributed by atoms with E-state index in [0.29, 0.717) is 24.5 Å². The highest BCUT2D eigenvalue weighted by Crippen LogP contribution is 1.94. The van der Waals surface area contributed by atoms with Gasteiger partial charge in [0, 0.05) is 19.8 Å². The minimum atomic E-state index is 0.253. The first kappa shape index (κ1) is 10.6. The number of carbonyl (C=O) groups is 1. The normalized spacial score (nSPS) is 9.27. The van der Waals surface area contributed by atoms with Crippen LogP contribution in [0.1, 0.15) is 33.1 Å². The van der Waals surface area contributed by atoms with E-state index in [1.54, 1.807) is 6.92 Å². The van der Waals surface area contributed by atoms with Crippen molar-refractivity contribution < 1.29 is 9.53 Å².